The van der Waals surface area contributed by atoms with Gasteiger partial charge in [-0.1, -0.05) is 76.5 Å². The Labute approximate surface area is 107 Å². The quantitative estimate of drug-likeness (QED) is 0.196. The van der Waals surface area contributed by atoms with Crippen molar-refractivity contribution in [1.29, 1.82) is 0 Å². The highest BCUT2D eigenvalue weighted by atomic mass is 16.1. The molecule has 0 saturated heterocycles. The first-order valence-electron chi connectivity index (χ1n) is 7.18. The van der Waals surface area contributed by atoms with Gasteiger partial charge in [-0.15, -0.1) is 0 Å². The molecule has 0 aromatic rings. The number of carbonyl (C=O) groups excluding carboxylic acids is 1. The lowest BCUT2D eigenvalue weighted by molar-refractivity contribution is -0.104. The topological polar surface area (TPSA) is 17.1 Å². The molecule has 98 valence electrons. The molecule has 0 unspecified atom stereocenters. The van der Waals surface area contributed by atoms with E-state index in [1.165, 1.54) is 63.9 Å². The molecule has 0 heterocycles. The maximum atomic E-state index is 9.99. The Balaban J connectivity index is 3.05. The van der Waals surface area contributed by atoms with Crippen LogP contribution in [0.3, 0.4) is 0 Å². The monoisotopic (exact) mass is 236 g/mol. The van der Waals surface area contributed by atoms with Gasteiger partial charge in [0.15, 0.2) is 0 Å². The zero-order valence-electron chi connectivity index (χ0n) is 11.4. The van der Waals surface area contributed by atoms with Crippen molar-refractivity contribution in [2.75, 3.05) is 0 Å². The maximum absolute atomic E-state index is 9.99. The van der Waals surface area contributed by atoms with E-state index in [9.17, 15) is 4.79 Å². The average molecular weight is 236 g/mol. The molecular weight excluding hydrogens is 208 g/mol. The Morgan fingerprint density at radius 1 is 0.706 bits per heavy atom. The Morgan fingerprint density at radius 2 is 1.29 bits per heavy atom. The lowest BCUT2D eigenvalue weighted by Crippen LogP contribution is -1.80. The molecule has 1 heteroatoms. The van der Waals surface area contributed by atoms with Crippen LogP contribution in [0.15, 0.2) is 24.3 Å². The largest absolute Gasteiger partial charge is 0.299 e. The summed E-state index contributed by atoms with van der Waals surface area (Å²) in [6, 6.07) is 0. The summed E-state index contributed by atoms with van der Waals surface area (Å²) in [5.41, 5.74) is 0. The second kappa shape index (κ2) is 15.1. The molecule has 0 amide bonds. The van der Waals surface area contributed by atoms with E-state index >= 15 is 0 Å². The third kappa shape index (κ3) is 15.1. The Hall–Kier alpha value is -0.850. The minimum absolute atomic E-state index is 0.808. The molecule has 0 rings (SSSR count). The smallest absolute Gasteiger partial charge is 0.142 e. The minimum Gasteiger partial charge on any atom is -0.299 e. The van der Waals surface area contributed by atoms with Crippen LogP contribution in [0.4, 0.5) is 0 Å². The average Bonchev–Trinajstić information content (AvgIpc) is 2.35. The van der Waals surface area contributed by atoms with E-state index < -0.39 is 0 Å². The number of carbonyl (C=O) groups is 1. The minimum atomic E-state index is 0.808. The van der Waals surface area contributed by atoms with E-state index in [4.69, 9.17) is 0 Å². The third-order valence-electron chi connectivity index (χ3n) is 2.91. The van der Waals surface area contributed by atoms with Gasteiger partial charge in [0.05, 0.1) is 0 Å². The van der Waals surface area contributed by atoms with E-state index in [1.807, 2.05) is 6.08 Å². The molecule has 0 bridgehead atoms. The predicted molar refractivity (Wildman–Crippen MR) is 76.2 cm³/mol. The van der Waals surface area contributed by atoms with Gasteiger partial charge >= 0.3 is 0 Å². The Morgan fingerprint density at radius 3 is 1.88 bits per heavy atom. The molecule has 0 saturated carbocycles. The van der Waals surface area contributed by atoms with Gasteiger partial charge in [0, 0.05) is 0 Å². The maximum Gasteiger partial charge on any atom is 0.142 e. The van der Waals surface area contributed by atoms with Gasteiger partial charge in [0.25, 0.3) is 0 Å². The molecule has 1 nitrogen and oxygen atoms in total. The number of rotatable bonds is 12. The van der Waals surface area contributed by atoms with Crippen molar-refractivity contribution in [2.24, 2.45) is 0 Å². The van der Waals surface area contributed by atoms with Gasteiger partial charge in [0.1, 0.15) is 6.29 Å². The molecule has 0 atom stereocenters. The molecule has 17 heavy (non-hydrogen) atoms. The van der Waals surface area contributed by atoms with Gasteiger partial charge in [-0.05, 0) is 18.9 Å². The number of aldehydes is 1. The standard InChI is InChI=1S/C16H28O/c1-2-3-4-5-6-7-8-9-10-11-12-13-14-15-16-17/h12-16H,2-11H2,1H3. The zero-order chi connectivity index (χ0) is 12.6. The summed E-state index contributed by atoms with van der Waals surface area (Å²) in [6.07, 6.45) is 21.8. The SMILES string of the molecule is CCCCCCCCCCCC=CC=CC=O. The fraction of sp³-hybridized carbons (Fsp3) is 0.688. The van der Waals surface area contributed by atoms with Crippen LogP contribution in [0, 0.1) is 0 Å². The highest BCUT2D eigenvalue weighted by Gasteiger charge is 1.90. The Kier molecular flexibility index (Phi) is 14.4. The van der Waals surface area contributed by atoms with Crippen LogP contribution in [0.5, 0.6) is 0 Å². The predicted octanol–water partition coefficient (Wildman–Crippen LogP) is 5.22. The van der Waals surface area contributed by atoms with Gasteiger partial charge in [0.2, 0.25) is 0 Å². The van der Waals surface area contributed by atoms with Crippen molar-refractivity contribution in [3.63, 3.8) is 0 Å². The molecule has 0 aromatic carbocycles. The molecule has 0 fully saturated rings. The second-order valence-electron chi connectivity index (χ2n) is 4.57. The van der Waals surface area contributed by atoms with Crippen LogP contribution in [0.2, 0.25) is 0 Å². The second-order valence-corrected chi connectivity index (χ2v) is 4.57. The normalized spacial score (nSPS) is 11.6. The summed E-state index contributed by atoms with van der Waals surface area (Å²) in [5, 5.41) is 0. The van der Waals surface area contributed by atoms with Crippen molar-refractivity contribution in [1.82, 2.24) is 0 Å². The molecule has 0 aromatic heterocycles. The molecular formula is C16H28O. The molecule has 0 N–H and O–H groups in total. The summed E-state index contributed by atoms with van der Waals surface area (Å²) >= 11 is 0. The molecule has 0 aliphatic carbocycles. The van der Waals surface area contributed by atoms with Crippen LogP contribution in [-0.4, -0.2) is 6.29 Å². The molecule has 0 radical (unpaired) electrons. The first-order chi connectivity index (χ1) is 8.41. The highest BCUT2D eigenvalue weighted by Crippen LogP contribution is 2.10. The van der Waals surface area contributed by atoms with Gasteiger partial charge in [-0.25, -0.2) is 0 Å². The molecule has 0 spiro atoms. The fourth-order valence-electron chi connectivity index (χ4n) is 1.86. The third-order valence-corrected chi connectivity index (χ3v) is 2.91. The first kappa shape index (κ1) is 16.1. The van der Waals surface area contributed by atoms with Gasteiger partial charge < -0.3 is 0 Å². The summed E-state index contributed by atoms with van der Waals surface area (Å²) in [4.78, 5) is 9.99. The van der Waals surface area contributed by atoms with E-state index in [0.29, 0.717) is 0 Å². The number of hydrogen-bond donors (Lipinski definition) is 0. The summed E-state index contributed by atoms with van der Waals surface area (Å²) in [7, 11) is 0. The van der Waals surface area contributed by atoms with Crippen molar-refractivity contribution < 1.29 is 4.79 Å². The zero-order valence-corrected chi connectivity index (χ0v) is 11.4. The van der Waals surface area contributed by atoms with Crippen molar-refractivity contribution in [2.45, 2.75) is 71.1 Å². The van der Waals surface area contributed by atoms with Crippen molar-refractivity contribution in [3.8, 4) is 0 Å². The first-order valence-corrected chi connectivity index (χ1v) is 7.18. The summed E-state index contributed by atoms with van der Waals surface area (Å²) in [6.45, 7) is 2.26. The van der Waals surface area contributed by atoms with Crippen molar-refractivity contribution in [3.05, 3.63) is 24.3 Å². The number of unbranched alkanes of at least 4 members (excludes halogenated alkanes) is 9. The van der Waals surface area contributed by atoms with E-state index in [-0.39, 0.29) is 0 Å². The Bertz CT molecular complexity index is 204. The number of allylic oxidation sites excluding steroid dienone is 4. The van der Waals surface area contributed by atoms with Crippen LogP contribution in [0.25, 0.3) is 0 Å². The van der Waals surface area contributed by atoms with Crippen LogP contribution in [-0.2, 0) is 4.79 Å². The van der Waals surface area contributed by atoms with E-state index in [1.54, 1.807) is 6.08 Å². The van der Waals surface area contributed by atoms with E-state index in [2.05, 4.69) is 13.0 Å². The fourth-order valence-corrected chi connectivity index (χ4v) is 1.86. The van der Waals surface area contributed by atoms with Gasteiger partial charge in [-0.3, -0.25) is 4.79 Å². The van der Waals surface area contributed by atoms with Crippen molar-refractivity contribution >= 4 is 6.29 Å². The van der Waals surface area contributed by atoms with Crippen LogP contribution >= 0.6 is 0 Å². The van der Waals surface area contributed by atoms with E-state index in [0.717, 1.165) is 12.7 Å². The number of hydrogen-bond acceptors (Lipinski definition) is 1. The molecule has 0 aliphatic heterocycles. The lowest BCUT2D eigenvalue weighted by atomic mass is 10.1. The summed E-state index contributed by atoms with van der Waals surface area (Å²) < 4.78 is 0. The summed E-state index contributed by atoms with van der Waals surface area (Å²) in [5.74, 6) is 0. The van der Waals surface area contributed by atoms with Gasteiger partial charge in [-0.2, -0.15) is 0 Å². The molecule has 0 aliphatic rings. The lowest BCUT2D eigenvalue weighted by Gasteiger charge is -2.00. The van der Waals surface area contributed by atoms with Crippen LogP contribution in [0.1, 0.15) is 71.1 Å². The highest BCUT2D eigenvalue weighted by molar-refractivity contribution is 5.65. The van der Waals surface area contributed by atoms with Crippen LogP contribution < -0.4 is 0 Å².